The average Bonchev–Trinajstić information content (AvgIpc) is 3.34. The van der Waals surface area contributed by atoms with Gasteiger partial charge < -0.3 is 10.2 Å². The molecule has 2 amide bonds. The summed E-state index contributed by atoms with van der Waals surface area (Å²) in [4.78, 5) is 25.7. The van der Waals surface area contributed by atoms with Crippen LogP contribution in [0.2, 0.25) is 0 Å². The lowest BCUT2D eigenvalue weighted by Crippen LogP contribution is -2.50. The normalized spacial score (nSPS) is 14.8. The topological polar surface area (TPSA) is 130 Å². The van der Waals surface area contributed by atoms with Crippen LogP contribution in [0.1, 0.15) is 17.3 Å². The van der Waals surface area contributed by atoms with Crippen LogP contribution in [-0.4, -0.2) is 75.8 Å². The van der Waals surface area contributed by atoms with E-state index in [-0.39, 0.29) is 42.9 Å². The Bertz CT molecular complexity index is 1200. The van der Waals surface area contributed by atoms with Crippen molar-refractivity contribution in [1.29, 1.82) is 0 Å². The Morgan fingerprint density at radius 2 is 1.59 bits per heavy atom. The number of amides is 2. The minimum atomic E-state index is -3.69. The van der Waals surface area contributed by atoms with E-state index in [1.54, 1.807) is 41.3 Å². The molecule has 1 fully saturated rings. The number of rotatable bonds is 5. The molecule has 0 aliphatic carbocycles. The second kappa shape index (κ2) is 8.85. The van der Waals surface area contributed by atoms with Crippen LogP contribution in [-0.2, 0) is 14.8 Å². The number of anilines is 1. The molecule has 2 heterocycles. The molecule has 4 rings (SSSR count). The van der Waals surface area contributed by atoms with Gasteiger partial charge in [0, 0.05) is 44.4 Å². The molecule has 0 unspecified atom stereocenters. The molecule has 12 heteroatoms. The zero-order chi connectivity index (χ0) is 22.7. The first-order valence-corrected chi connectivity index (χ1v) is 11.3. The van der Waals surface area contributed by atoms with E-state index in [0.717, 1.165) is 5.69 Å². The number of nitrogens with zero attached hydrogens (tertiary/aromatic N) is 6. The van der Waals surface area contributed by atoms with Crippen molar-refractivity contribution in [2.45, 2.75) is 11.8 Å². The molecule has 0 saturated carbocycles. The van der Waals surface area contributed by atoms with Crippen molar-refractivity contribution in [2.24, 2.45) is 0 Å². The number of piperazine rings is 1. The van der Waals surface area contributed by atoms with E-state index in [9.17, 15) is 18.0 Å². The maximum atomic E-state index is 12.9. The first kappa shape index (κ1) is 21.6. The van der Waals surface area contributed by atoms with Gasteiger partial charge in [-0.05, 0) is 59.0 Å². The van der Waals surface area contributed by atoms with Crippen LogP contribution in [0.15, 0.2) is 59.8 Å². The fraction of sp³-hybridized carbons (Fsp3) is 0.250. The van der Waals surface area contributed by atoms with E-state index in [2.05, 4.69) is 20.8 Å². The summed E-state index contributed by atoms with van der Waals surface area (Å²) in [7, 11) is -3.69. The number of hydrogen-bond donors (Lipinski definition) is 1. The minimum Gasteiger partial charge on any atom is -0.336 e. The molecule has 1 aliphatic heterocycles. The van der Waals surface area contributed by atoms with E-state index in [1.165, 1.54) is 34.4 Å². The molecular formula is C20H21N7O4S. The van der Waals surface area contributed by atoms with Crippen LogP contribution < -0.4 is 5.32 Å². The lowest BCUT2D eigenvalue weighted by molar-refractivity contribution is -0.114. The van der Waals surface area contributed by atoms with Crippen molar-refractivity contribution in [3.63, 3.8) is 0 Å². The molecule has 11 nitrogen and oxygen atoms in total. The Hall–Kier alpha value is -3.64. The molecule has 1 aromatic heterocycles. The summed E-state index contributed by atoms with van der Waals surface area (Å²) in [5.41, 5.74) is 1.76. The largest absolute Gasteiger partial charge is 0.336 e. The van der Waals surface area contributed by atoms with Crippen molar-refractivity contribution in [1.82, 2.24) is 29.4 Å². The molecule has 1 saturated heterocycles. The van der Waals surface area contributed by atoms with Gasteiger partial charge >= 0.3 is 0 Å². The summed E-state index contributed by atoms with van der Waals surface area (Å²) in [6, 6.07) is 12.9. The number of sulfonamides is 1. The third kappa shape index (κ3) is 4.50. The molecule has 1 N–H and O–H groups in total. The molecule has 0 atom stereocenters. The summed E-state index contributed by atoms with van der Waals surface area (Å²) in [5, 5.41) is 13.6. The van der Waals surface area contributed by atoms with Gasteiger partial charge in [0.15, 0.2) is 0 Å². The molecule has 1 aliphatic rings. The van der Waals surface area contributed by atoms with Crippen LogP contribution in [0.3, 0.4) is 0 Å². The predicted octanol–water partition coefficient (Wildman–Crippen LogP) is 0.767. The van der Waals surface area contributed by atoms with E-state index in [1.807, 2.05) is 0 Å². The predicted molar refractivity (Wildman–Crippen MR) is 115 cm³/mol. The summed E-state index contributed by atoms with van der Waals surface area (Å²) in [5.74, 6) is -0.392. The fourth-order valence-electron chi connectivity index (χ4n) is 3.41. The van der Waals surface area contributed by atoms with Gasteiger partial charge in [-0.15, -0.1) is 5.10 Å². The highest BCUT2D eigenvalue weighted by Gasteiger charge is 2.30. The first-order valence-electron chi connectivity index (χ1n) is 9.85. The zero-order valence-electron chi connectivity index (χ0n) is 17.2. The molecule has 3 aromatic rings. The first-order chi connectivity index (χ1) is 15.3. The van der Waals surface area contributed by atoms with Gasteiger partial charge in [0.1, 0.15) is 6.33 Å². The average molecular weight is 456 g/mol. The number of benzene rings is 2. The minimum absolute atomic E-state index is 0.143. The van der Waals surface area contributed by atoms with Gasteiger partial charge in [0.2, 0.25) is 15.9 Å². The van der Waals surface area contributed by atoms with Crippen LogP contribution >= 0.6 is 0 Å². The van der Waals surface area contributed by atoms with Crippen LogP contribution in [0.4, 0.5) is 5.69 Å². The van der Waals surface area contributed by atoms with Gasteiger partial charge in [-0.1, -0.05) is 0 Å². The van der Waals surface area contributed by atoms with E-state index < -0.39 is 10.0 Å². The molecule has 166 valence electrons. The molecule has 0 spiro atoms. The Morgan fingerprint density at radius 3 is 2.16 bits per heavy atom. The number of nitrogens with one attached hydrogen (secondary N) is 1. The highest BCUT2D eigenvalue weighted by atomic mass is 32.2. The number of aromatic nitrogens is 4. The van der Waals surface area contributed by atoms with Gasteiger partial charge in [-0.3, -0.25) is 9.59 Å². The summed E-state index contributed by atoms with van der Waals surface area (Å²) < 4.78 is 28.7. The van der Waals surface area contributed by atoms with E-state index in [4.69, 9.17) is 0 Å². The summed E-state index contributed by atoms with van der Waals surface area (Å²) >= 11 is 0. The smallest absolute Gasteiger partial charge is 0.253 e. The molecule has 2 aromatic carbocycles. The Labute approximate surface area is 184 Å². The Balaban J connectivity index is 1.38. The van der Waals surface area contributed by atoms with Gasteiger partial charge in [-0.2, -0.15) is 4.31 Å². The van der Waals surface area contributed by atoms with E-state index in [0.29, 0.717) is 11.3 Å². The second-order valence-electron chi connectivity index (χ2n) is 7.20. The monoisotopic (exact) mass is 455 g/mol. The van der Waals surface area contributed by atoms with Gasteiger partial charge in [0.05, 0.1) is 10.6 Å². The highest BCUT2D eigenvalue weighted by molar-refractivity contribution is 7.89. The molecule has 0 bridgehead atoms. The van der Waals surface area contributed by atoms with Crippen molar-refractivity contribution in [3.05, 3.63) is 60.4 Å². The summed E-state index contributed by atoms with van der Waals surface area (Å²) in [6.07, 6.45) is 1.46. The second-order valence-corrected chi connectivity index (χ2v) is 9.14. The van der Waals surface area contributed by atoms with Crippen LogP contribution in [0.25, 0.3) is 5.69 Å². The lowest BCUT2D eigenvalue weighted by Gasteiger charge is -2.34. The number of carbonyl (C=O) groups is 2. The van der Waals surface area contributed by atoms with Crippen molar-refractivity contribution in [3.8, 4) is 5.69 Å². The summed E-state index contributed by atoms with van der Waals surface area (Å²) in [6.45, 7) is 2.36. The zero-order valence-corrected chi connectivity index (χ0v) is 18.1. The third-order valence-corrected chi connectivity index (χ3v) is 6.98. The Kier molecular flexibility index (Phi) is 5.97. The lowest BCUT2D eigenvalue weighted by atomic mass is 10.1. The van der Waals surface area contributed by atoms with Gasteiger partial charge in [0.25, 0.3) is 5.91 Å². The molecular weight excluding hydrogens is 434 g/mol. The number of tetrazole rings is 1. The van der Waals surface area contributed by atoms with Crippen LogP contribution in [0, 0.1) is 0 Å². The molecule has 0 radical (unpaired) electrons. The van der Waals surface area contributed by atoms with Crippen LogP contribution in [0.5, 0.6) is 0 Å². The Morgan fingerprint density at radius 1 is 0.938 bits per heavy atom. The maximum Gasteiger partial charge on any atom is 0.253 e. The quantitative estimate of drug-likeness (QED) is 0.601. The number of carbonyl (C=O) groups excluding carboxylic acids is 2. The standard InChI is InChI=1S/C20H21N7O4S/c1-15(28)22-17-4-8-19(9-5-17)32(30,31)26-12-10-25(11-13-26)20(29)16-2-6-18(7-3-16)27-14-21-23-24-27/h2-9,14H,10-13H2,1H3,(H,22,28). The van der Waals surface area contributed by atoms with Crippen molar-refractivity contribution >= 4 is 27.5 Å². The van der Waals surface area contributed by atoms with Gasteiger partial charge in [-0.25, -0.2) is 13.1 Å². The third-order valence-electron chi connectivity index (χ3n) is 5.07. The maximum absolute atomic E-state index is 12.9. The SMILES string of the molecule is CC(=O)Nc1ccc(S(=O)(=O)N2CCN(C(=O)c3ccc(-n4cnnn4)cc3)CC2)cc1. The fourth-order valence-corrected chi connectivity index (χ4v) is 4.84. The molecule has 32 heavy (non-hydrogen) atoms. The highest BCUT2D eigenvalue weighted by Crippen LogP contribution is 2.21. The van der Waals surface area contributed by atoms with E-state index >= 15 is 0 Å². The number of hydrogen-bond acceptors (Lipinski definition) is 7. The van der Waals surface area contributed by atoms with Crippen molar-refractivity contribution in [2.75, 3.05) is 31.5 Å². The van der Waals surface area contributed by atoms with Crippen molar-refractivity contribution < 1.29 is 18.0 Å².